The average Bonchev–Trinajstić information content (AvgIpc) is 2.95. The Kier molecular flexibility index (Phi) is 3.36. The quantitative estimate of drug-likeness (QED) is 0.877. The highest BCUT2D eigenvalue weighted by Gasteiger charge is 2.24. The van der Waals surface area contributed by atoms with Crippen molar-refractivity contribution in [2.75, 3.05) is 0 Å². The summed E-state index contributed by atoms with van der Waals surface area (Å²) in [6, 6.07) is 9.68. The van der Waals surface area contributed by atoms with E-state index in [9.17, 15) is 0 Å². The number of nitrogens with zero attached hydrogens (tertiary/aromatic N) is 5. The van der Waals surface area contributed by atoms with E-state index in [-0.39, 0.29) is 6.29 Å². The summed E-state index contributed by atoms with van der Waals surface area (Å²) >= 11 is 0. The predicted molar refractivity (Wildman–Crippen MR) is 88.9 cm³/mol. The fourth-order valence-electron chi connectivity index (χ4n) is 2.33. The molecule has 0 spiro atoms. The van der Waals surface area contributed by atoms with E-state index < -0.39 is 0 Å². The van der Waals surface area contributed by atoms with Gasteiger partial charge in [0.15, 0.2) is 0 Å². The number of hydrogen-bond acceptors (Lipinski definition) is 6. The van der Waals surface area contributed by atoms with Gasteiger partial charge in [0.2, 0.25) is 6.29 Å². The third-order valence-corrected chi connectivity index (χ3v) is 3.34. The van der Waals surface area contributed by atoms with Gasteiger partial charge in [-0.3, -0.25) is 0 Å². The Labute approximate surface area is 132 Å². The standard InChI is InChI=1S/C16H13N7/c1-2-6-12-11(5-1)13(22-15-17-7-3-8-18-15)21-14(12)23-16-19-9-4-10-20-16/h1-10,15,17H,(H,19,20,21,22,23). The van der Waals surface area contributed by atoms with E-state index in [4.69, 9.17) is 0 Å². The zero-order valence-corrected chi connectivity index (χ0v) is 12.1. The van der Waals surface area contributed by atoms with Crippen molar-refractivity contribution >= 4 is 23.8 Å². The van der Waals surface area contributed by atoms with Gasteiger partial charge in [0.25, 0.3) is 5.95 Å². The third-order valence-electron chi connectivity index (χ3n) is 3.34. The highest BCUT2D eigenvalue weighted by atomic mass is 15.2. The monoisotopic (exact) mass is 303 g/mol. The summed E-state index contributed by atoms with van der Waals surface area (Å²) < 4.78 is 0. The molecule has 1 atom stereocenters. The molecule has 7 nitrogen and oxygen atoms in total. The van der Waals surface area contributed by atoms with Gasteiger partial charge in [0.05, 0.1) is 0 Å². The van der Waals surface area contributed by atoms with Gasteiger partial charge >= 0.3 is 0 Å². The molecule has 112 valence electrons. The second-order valence-electron chi connectivity index (χ2n) is 4.86. The van der Waals surface area contributed by atoms with Crippen molar-refractivity contribution in [2.45, 2.75) is 6.29 Å². The Morgan fingerprint density at radius 1 is 0.957 bits per heavy atom. The first kappa shape index (κ1) is 13.3. The summed E-state index contributed by atoms with van der Waals surface area (Å²) in [4.78, 5) is 21.6. The molecule has 7 heteroatoms. The van der Waals surface area contributed by atoms with Crippen LogP contribution in [0.3, 0.4) is 0 Å². The van der Waals surface area contributed by atoms with Gasteiger partial charge in [-0.15, -0.1) is 0 Å². The van der Waals surface area contributed by atoms with E-state index >= 15 is 0 Å². The molecule has 1 aromatic carbocycles. The zero-order chi connectivity index (χ0) is 15.5. The molecular formula is C16H13N7. The van der Waals surface area contributed by atoms with Gasteiger partial charge in [-0.1, -0.05) is 24.3 Å². The molecule has 0 fully saturated rings. The Balaban J connectivity index is 1.72. The van der Waals surface area contributed by atoms with Crippen LogP contribution in [0.25, 0.3) is 0 Å². The van der Waals surface area contributed by atoms with Gasteiger partial charge < -0.3 is 10.6 Å². The van der Waals surface area contributed by atoms with Crippen LogP contribution >= 0.6 is 0 Å². The molecule has 2 N–H and O–H groups in total. The maximum atomic E-state index is 4.59. The first-order chi connectivity index (χ1) is 11.4. The summed E-state index contributed by atoms with van der Waals surface area (Å²) in [6.07, 6.45) is 8.34. The Hall–Kier alpha value is -3.35. The second kappa shape index (κ2) is 5.80. The lowest BCUT2D eigenvalue weighted by Crippen LogP contribution is -2.29. The summed E-state index contributed by atoms with van der Waals surface area (Å²) in [6.45, 7) is 0. The van der Waals surface area contributed by atoms with E-state index in [1.54, 1.807) is 24.7 Å². The predicted octanol–water partition coefficient (Wildman–Crippen LogP) is 1.38. The lowest BCUT2D eigenvalue weighted by Gasteiger charge is -2.11. The minimum Gasteiger partial charge on any atom is -0.352 e. The largest absolute Gasteiger partial charge is 0.352 e. The first-order valence-electron chi connectivity index (χ1n) is 7.15. The Bertz CT molecular complexity index is 837. The van der Waals surface area contributed by atoms with Crippen molar-refractivity contribution in [1.82, 2.24) is 20.6 Å². The van der Waals surface area contributed by atoms with Crippen molar-refractivity contribution in [3.8, 4) is 0 Å². The molecule has 1 aromatic heterocycles. The zero-order valence-electron chi connectivity index (χ0n) is 12.1. The maximum absolute atomic E-state index is 4.59. The van der Waals surface area contributed by atoms with Crippen LogP contribution in [0.2, 0.25) is 0 Å². The average molecular weight is 303 g/mol. The lowest BCUT2D eigenvalue weighted by atomic mass is 10.1. The van der Waals surface area contributed by atoms with Crippen LogP contribution in [0, 0.1) is 0 Å². The molecule has 4 rings (SSSR count). The van der Waals surface area contributed by atoms with Crippen LogP contribution in [-0.2, 0) is 0 Å². The summed E-state index contributed by atoms with van der Waals surface area (Å²) in [5, 5.41) is 6.30. The number of fused-ring (bicyclic) bond motifs is 1. The number of rotatable bonds is 2. The van der Waals surface area contributed by atoms with Crippen LogP contribution in [0.4, 0.5) is 5.95 Å². The molecule has 23 heavy (non-hydrogen) atoms. The first-order valence-corrected chi connectivity index (χ1v) is 7.15. The van der Waals surface area contributed by atoms with Crippen molar-refractivity contribution in [2.24, 2.45) is 15.0 Å². The SMILES string of the molecule is C1=CNC(/N=C2\N/C(=N\c3ncccn3)c3ccccc32)N=C1. The molecule has 1 unspecified atom stereocenters. The van der Waals surface area contributed by atoms with E-state index in [2.05, 4.69) is 35.6 Å². The van der Waals surface area contributed by atoms with E-state index in [1.807, 2.05) is 36.5 Å². The van der Waals surface area contributed by atoms with Gasteiger partial charge in [-0.05, 0) is 12.1 Å². The summed E-state index contributed by atoms with van der Waals surface area (Å²) in [5.74, 6) is 1.81. The number of nitrogens with one attached hydrogen (secondary N) is 2. The molecule has 0 aliphatic carbocycles. The smallest absolute Gasteiger partial charge is 0.251 e. The Morgan fingerprint density at radius 2 is 1.74 bits per heavy atom. The second-order valence-corrected chi connectivity index (χ2v) is 4.86. The van der Waals surface area contributed by atoms with Crippen LogP contribution in [0.5, 0.6) is 0 Å². The fourth-order valence-corrected chi connectivity index (χ4v) is 2.33. The molecular weight excluding hydrogens is 290 g/mol. The van der Waals surface area contributed by atoms with Crippen LogP contribution in [0.15, 0.2) is 70.0 Å². The molecule has 0 amide bonds. The molecule has 0 bridgehead atoms. The number of aliphatic imine (C=N–C) groups is 3. The maximum Gasteiger partial charge on any atom is 0.251 e. The van der Waals surface area contributed by atoms with Crippen molar-refractivity contribution in [3.05, 3.63) is 66.1 Å². The highest BCUT2D eigenvalue weighted by molar-refractivity contribution is 6.25. The third kappa shape index (κ3) is 2.71. The molecule has 0 saturated carbocycles. The number of hydrogen-bond donors (Lipinski definition) is 2. The number of amidine groups is 2. The summed E-state index contributed by atoms with van der Waals surface area (Å²) in [5.41, 5.74) is 1.95. The molecule has 2 aliphatic heterocycles. The minimum atomic E-state index is -0.345. The molecule has 0 radical (unpaired) electrons. The van der Waals surface area contributed by atoms with Gasteiger partial charge in [0.1, 0.15) is 11.7 Å². The fraction of sp³-hybridized carbons (Fsp3) is 0.0625. The van der Waals surface area contributed by atoms with Crippen LogP contribution in [0.1, 0.15) is 11.1 Å². The molecule has 2 aliphatic rings. The van der Waals surface area contributed by atoms with Gasteiger partial charge in [0, 0.05) is 35.9 Å². The summed E-state index contributed by atoms with van der Waals surface area (Å²) in [7, 11) is 0. The minimum absolute atomic E-state index is 0.345. The van der Waals surface area contributed by atoms with Crippen LogP contribution < -0.4 is 10.6 Å². The van der Waals surface area contributed by atoms with Crippen molar-refractivity contribution in [3.63, 3.8) is 0 Å². The number of aromatic nitrogens is 2. The van der Waals surface area contributed by atoms with E-state index in [0.29, 0.717) is 11.8 Å². The molecule has 0 saturated heterocycles. The van der Waals surface area contributed by atoms with E-state index in [1.165, 1.54) is 0 Å². The molecule has 2 aromatic rings. The molecule has 3 heterocycles. The lowest BCUT2D eigenvalue weighted by molar-refractivity contribution is 0.640. The topological polar surface area (TPSA) is 86.9 Å². The van der Waals surface area contributed by atoms with Gasteiger partial charge in [-0.25, -0.2) is 20.0 Å². The van der Waals surface area contributed by atoms with Crippen molar-refractivity contribution in [1.29, 1.82) is 0 Å². The van der Waals surface area contributed by atoms with Crippen molar-refractivity contribution < 1.29 is 0 Å². The van der Waals surface area contributed by atoms with Gasteiger partial charge in [-0.2, -0.15) is 4.99 Å². The van der Waals surface area contributed by atoms with E-state index in [0.717, 1.165) is 17.0 Å². The number of allylic oxidation sites excluding steroid dienone is 1. The highest BCUT2D eigenvalue weighted by Crippen LogP contribution is 2.18. The Morgan fingerprint density at radius 3 is 2.48 bits per heavy atom. The number of benzene rings is 1. The van der Waals surface area contributed by atoms with Crippen LogP contribution in [-0.4, -0.2) is 34.1 Å². The normalized spacial score (nSPS) is 22.0.